The molecule has 38 heavy (non-hydrogen) atoms. The smallest absolute Gasteiger partial charge is 0.214 e. The third-order valence-electron chi connectivity index (χ3n) is 8.89. The molecule has 3 aliphatic heterocycles. The molecular formula is C33H39N3O2. The van der Waals surface area contributed by atoms with Crippen LogP contribution in [0.1, 0.15) is 59.2 Å². The standard InChI is InChI=1S/C33H39N3O2/c1-23-29-20-33(3,38-32(29)24(2)28-16-19-36(22-37)31(23)28)21-35-17-14-27(15-18-35)34-30(25-10-6-4-7-11-25)26-12-8-5-9-13-26/h4-13,22,27,30,34H,14-21H2,1-3H3. The second-order valence-electron chi connectivity index (χ2n) is 11.6. The first-order valence-corrected chi connectivity index (χ1v) is 14.1. The van der Waals surface area contributed by atoms with Crippen molar-refractivity contribution in [1.82, 2.24) is 10.2 Å². The minimum Gasteiger partial charge on any atom is -0.485 e. The summed E-state index contributed by atoms with van der Waals surface area (Å²) in [5.74, 6) is 1.07. The number of amides is 1. The predicted molar refractivity (Wildman–Crippen MR) is 153 cm³/mol. The highest BCUT2D eigenvalue weighted by molar-refractivity contribution is 5.84. The van der Waals surface area contributed by atoms with Crippen LogP contribution in [0.25, 0.3) is 0 Å². The normalized spacial score (nSPS) is 21.4. The Morgan fingerprint density at radius 1 is 0.947 bits per heavy atom. The fourth-order valence-electron chi connectivity index (χ4n) is 6.96. The number of hydrogen-bond acceptors (Lipinski definition) is 4. The Hall–Kier alpha value is -3.15. The minimum atomic E-state index is -0.240. The van der Waals surface area contributed by atoms with Crippen LogP contribution in [0.3, 0.4) is 0 Å². The lowest BCUT2D eigenvalue weighted by atomic mass is 9.90. The van der Waals surface area contributed by atoms with E-state index >= 15 is 0 Å². The lowest BCUT2D eigenvalue weighted by Crippen LogP contribution is -2.50. The van der Waals surface area contributed by atoms with E-state index in [4.69, 9.17) is 4.74 Å². The van der Waals surface area contributed by atoms with Gasteiger partial charge in [-0.2, -0.15) is 0 Å². The maximum Gasteiger partial charge on any atom is 0.214 e. The van der Waals surface area contributed by atoms with Gasteiger partial charge in [0.2, 0.25) is 6.41 Å². The number of rotatable bonds is 7. The third kappa shape index (κ3) is 4.63. The molecule has 198 valence electrons. The molecule has 1 N–H and O–H groups in total. The number of carbonyl (C=O) groups excluding carboxylic acids is 1. The van der Waals surface area contributed by atoms with Crippen LogP contribution in [0, 0.1) is 13.8 Å². The van der Waals surface area contributed by atoms with E-state index in [0.717, 1.165) is 69.7 Å². The van der Waals surface area contributed by atoms with Crippen molar-refractivity contribution in [3.8, 4) is 5.75 Å². The summed E-state index contributed by atoms with van der Waals surface area (Å²) in [5, 5.41) is 3.99. The lowest BCUT2D eigenvalue weighted by molar-refractivity contribution is -0.107. The highest BCUT2D eigenvalue weighted by atomic mass is 16.5. The number of piperidine rings is 1. The molecule has 0 spiro atoms. The molecule has 3 aromatic carbocycles. The highest BCUT2D eigenvalue weighted by Gasteiger charge is 2.41. The average Bonchev–Trinajstić information content (AvgIpc) is 3.54. The molecule has 1 saturated heterocycles. The molecule has 3 heterocycles. The van der Waals surface area contributed by atoms with Gasteiger partial charge in [-0.3, -0.25) is 9.69 Å². The Bertz CT molecular complexity index is 1260. The van der Waals surface area contributed by atoms with Crippen LogP contribution in [0.15, 0.2) is 60.7 Å². The zero-order valence-corrected chi connectivity index (χ0v) is 22.9. The average molecular weight is 510 g/mol. The van der Waals surface area contributed by atoms with Crippen molar-refractivity contribution in [2.45, 2.75) is 64.1 Å². The SMILES string of the molecule is Cc1c2c(c(C)c3c1OC(C)(CN1CCC(NC(c4ccccc4)c4ccccc4)CC1)C3)N(C=O)CC2. The maximum atomic E-state index is 11.7. The van der Waals surface area contributed by atoms with Crippen molar-refractivity contribution in [1.29, 1.82) is 0 Å². The summed E-state index contributed by atoms with van der Waals surface area (Å²) in [7, 11) is 0. The van der Waals surface area contributed by atoms with Gasteiger partial charge in [-0.05, 0) is 80.9 Å². The molecule has 0 aliphatic carbocycles. The molecule has 1 atom stereocenters. The molecule has 5 nitrogen and oxygen atoms in total. The van der Waals surface area contributed by atoms with E-state index in [-0.39, 0.29) is 11.6 Å². The van der Waals surface area contributed by atoms with Crippen LogP contribution in [-0.4, -0.2) is 49.1 Å². The molecule has 1 fully saturated rings. The van der Waals surface area contributed by atoms with Crippen LogP contribution < -0.4 is 15.0 Å². The summed E-state index contributed by atoms with van der Waals surface area (Å²) in [6, 6.07) is 22.3. The van der Waals surface area contributed by atoms with Crippen LogP contribution in [0.2, 0.25) is 0 Å². The molecular weight excluding hydrogens is 470 g/mol. The second kappa shape index (κ2) is 10.2. The summed E-state index contributed by atoms with van der Waals surface area (Å²) < 4.78 is 6.75. The Kier molecular flexibility index (Phi) is 6.75. The predicted octanol–water partition coefficient (Wildman–Crippen LogP) is 5.36. The van der Waals surface area contributed by atoms with Crippen LogP contribution in [0.5, 0.6) is 5.75 Å². The van der Waals surface area contributed by atoms with Gasteiger partial charge < -0.3 is 15.0 Å². The quantitative estimate of drug-likeness (QED) is 0.436. The topological polar surface area (TPSA) is 44.8 Å². The van der Waals surface area contributed by atoms with E-state index in [1.165, 1.54) is 33.4 Å². The first-order valence-electron chi connectivity index (χ1n) is 14.1. The van der Waals surface area contributed by atoms with Crippen molar-refractivity contribution in [3.05, 3.63) is 94.0 Å². The summed E-state index contributed by atoms with van der Waals surface area (Å²) in [6.45, 7) is 10.4. The van der Waals surface area contributed by atoms with Crippen molar-refractivity contribution in [3.63, 3.8) is 0 Å². The summed E-state index contributed by atoms with van der Waals surface area (Å²) in [6.07, 6.45) is 5.05. The van der Waals surface area contributed by atoms with Crippen molar-refractivity contribution >= 4 is 12.1 Å². The number of likely N-dealkylation sites (tertiary alicyclic amines) is 1. The largest absolute Gasteiger partial charge is 0.485 e. The van der Waals surface area contributed by atoms with E-state index in [1.807, 2.05) is 4.90 Å². The Labute approximate surface area is 226 Å². The van der Waals surface area contributed by atoms with Crippen molar-refractivity contribution in [2.75, 3.05) is 31.1 Å². The monoisotopic (exact) mass is 509 g/mol. The minimum absolute atomic E-state index is 0.206. The van der Waals surface area contributed by atoms with E-state index < -0.39 is 0 Å². The fourth-order valence-corrected chi connectivity index (χ4v) is 6.96. The molecule has 1 amide bonds. The number of ether oxygens (including phenoxy) is 1. The van der Waals surface area contributed by atoms with Crippen molar-refractivity contribution in [2.24, 2.45) is 0 Å². The van der Waals surface area contributed by atoms with Crippen molar-refractivity contribution < 1.29 is 9.53 Å². The van der Waals surface area contributed by atoms with E-state index in [2.05, 4.69) is 91.7 Å². The van der Waals surface area contributed by atoms with Gasteiger partial charge >= 0.3 is 0 Å². The number of fused-ring (bicyclic) bond motifs is 2. The summed E-state index contributed by atoms with van der Waals surface area (Å²) >= 11 is 0. The van der Waals surface area contributed by atoms with Gasteiger partial charge in [0, 0.05) is 31.1 Å². The van der Waals surface area contributed by atoms with Crippen LogP contribution in [0.4, 0.5) is 5.69 Å². The first kappa shape index (κ1) is 25.1. The van der Waals surface area contributed by atoms with Gasteiger partial charge in [0.25, 0.3) is 0 Å². The fraction of sp³-hybridized carbons (Fsp3) is 0.424. The number of anilines is 1. The molecule has 6 rings (SSSR count). The third-order valence-corrected chi connectivity index (χ3v) is 8.89. The summed E-state index contributed by atoms with van der Waals surface area (Å²) in [4.78, 5) is 16.1. The maximum absolute atomic E-state index is 11.7. The number of hydrogen-bond donors (Lipinski definition) is 1. The molecule has 3 aromatic rings. The van der Waals surface area contributed by atoms with Crippen LogP contribution in [-0.2, 0) is 17.6 Å². The molecule has 0 aromatic heterocycles. The van der Waals surface area contributed by atoms with Gasteiger partial charge in [-0.1, -0.05) is 60.7 Å². The number of benzene rings is 3. The van der Waals surface area contributed by atoms with Gasteiger partial charge in [-0.15, -0.1) is 0 Å². The number of carbonyl (C=O) groups is 1. The second-order valence-corrected chi connectivity index (χ2v) is 11.6. The molecule has 0 bridgehead atoms. The van der Waals surface area contributed by atoms with Gasteiger partial charge in [0.15, 0.2) is 0 Å². The Morgan fingerprint density at radius 2 is 1.58 bits per heavy atom. The van der Waals surface area contributed by atoms with E-state index in [1.54, 1.807) is 0 Å². The Balaban J connectivity index is 1.11. The molecule has 0 saturated carbocycles. The van der Waals surface area contributed by atoms with E-state index in [0.29, 0.717) is 6.04 Å². The highest BCUT2D eigenvalue weighted by Crippen LogP contribution is 2.47. The van der Waals surface area contributed by atoms with Gasteiger partial charge in [0.1, 0.15) is 11.4 Å². The summed E-state index contributed by atoms with van der Waals surface area (Å²) in [5.41, 5.74) is 8.55. The van der Waals surface area contributed by atoms with Gasteiger partial charge in [0.05, 0.1) is 11.7 Å². The molecule has 5 heteroatoms. The van der Waals surface area contributed by atoms with Crippen LogP contribution >= 0.6 is 0 Å². The molecule has 0 radical (unpaired) electrons. The Morgan fingerprint density at radius 3 is 2.18 bits per heavy atom. The number of nitrogens with zero attached hydrogens (tertiary/aromatic N) is 2. The lowest BCUT2D eigenvalue weighted by Gasteiger charge is -2.38. The first-order chi connectivity index (χ1) is 18.5. The number of nitrogens with one attached hydrogen (secondary N) is 1. The zero-order chi connectivity index (χ0) is 26.3. The molecule has 3 aliphatic rings. The van der Waals surface area contributed by atoms with Gasteiger partial charge in [-0.25, -0.2) is 0 Å². The van der Waals surface area contributed by atoms with E-state index in [9.17, 15) is 4.79 Å². The zero-order valence-electron chi connectivity index (χ0n) is 22.9. The molecule has 1 unspecified atom stereocenters.